The van der Waals surface area contributed by atoms with Gasteiger partial charge in [0.15, 0.2) is 0 Å². The molecule has 24 heavy (non-hydrogen) atoms. The fourth-order valence-corrected chi connectivity index (χ4v) is 3.10. The average molecular weight is 335 g/mol. The third-order valence-electron chi connectivity index (χ3n) is 4.72. The number of rotatable bonds is 6. The molecule has 7 nitrogen and oxygen atoms in total. The van der Waals surface area contributed by atoms with Gasteiger partial charge in [0, 0.05) is 25.6 Å². The molecule has 3 atom stereocenters. The van der Waals surface area contributed by atoms with Gasteiger partial charge in [-0.05, 0) is 39.7 Å². The molecule has 0 unspecified atom stereocenters. The van der Waals surface area contributed by atoms with Crippen molar-refractivity contribution in [2.24, 2.45) is 0 Å². The predicted octanol–water partition coefficient (Wildman–Crippen LogP) is 1.78. The number of carbonyl (C=O) groups excluding carboxylic acids is 2. The van der Waals surface area contributed by atoms with Crippen LogP contribution in [0.5, 0.6) is 0 Å². The Kier molecular flexibility index (Phi) is 6.36. The van der Waals surface area contributed by atoms with E-state index in [1.807, 2.05) is 17.7 Å². The van der Waals surface area contributed by atoms with Crippen molar-refractivity contribution in [2.75, 3.05) is 18.4 Å². The number of amides is 2. The van der Waals surface area contributed by atoms with E-state index in [4.69, 9.17) is 0 Å². The van der Waals surface area contributed by atoms with Crippen molar-refractivity contribution in [2.45, 2.75) is 65.1 Å². The van der Waals surface area contributed by atoms with Crippen molar-refractivity contribution >= 4 is 17.6 Å². The molecular weight excluding hydrogens is 306 g/mol. The van der Waals surface area contributed by atoms with Crippen LogP contribution in [-0.4, -0.2) is 51.7 Å². The van der Waals surface area contributed by atoms with E-state index in [0.717, 1.165) is 31.6 Å². The third kappa shape index (κ3) is 4.56. The summed E-state index contributed by atoms with van der Waals surface area (Å²) in [5.41, 5.74) is 0. The standard InChI is InChI=1S/C17H29N5O2/c1-5-12(2)22-16(8-9-18-22)20-17(24)13(3)21-10-6-7-15(11-21)19-14(4)23/h8-9,12-13,15H,5-7,10-11H2,1-4H3,(H,19,23)(H,20,24)/t12-,13+,15-/m0/s1. The Morgan fingerprint density at radius 2 is 2.17 bits per heavy atom. The summed E-state index contributed by atoms with van der Waals surface area (Å²) >= 11 is 0. The maximum atomic E-state index is 12.6. The van der Waals surface area contributed by atoms with E-state index in [2.05, 4.69) is 34.5 Å². The van der Waals surface area contributed by atoms with E-state index in [0.29, 0.717) is 6.54 Å². The van der Waals surface area contributed by atoms with Gasteiger partial charge in [-0.3, -0.25) is 14.5 Å². The van der Waals surface area contributed by atoms with Crippen LogP contribution in [-0.2, 0) is 9.59 Å². The quantitative estimate of drug-likeness (QED) is 0.830. The molecule has 1 aliphatic heterocycles. The molecule has 0 saturated carbocycles. The van der Waals surface area contributed by atoms with E-state index in [-0.39, 0.29) is 29.9 Å². The highest BCUT2D eigenvalue weighted by molar-refractivity contribution is 5.93. The Labute approximate surface area is 143 Å². The minimum atomic E-state index is -0.248. The van der Waals surface area contributed by atoms with Gasteiger partial charge in [0.25, 0.3) is 0 Å². The van der Waals surface area contributed by atoms with Crippen molar-refractivity contribution < 1.29 is 9.59 Å². The minimum absolute atomic E-state index is 0.0172. The molecular formula is C17H29N5O2. The highest BCUT2D eigenvalue weighted by Gasteiger charge is 2.28. The molecule has 134 valence electrons. The van der Waals surface area contributed by atoms with Crippen molar-refractivity contribution in [1.29, 1.82) is 0 Å². The Morgan fingerprint density at radius 3 is 2.83 bits per heavy atom. The van der Waals surface area contributed by atoms with Crippen LogP contribution in [0, 0.1) is 0 Å². The van der Waals surface area contributed by atoms with Crippen molar-refractivity contribution in [1.82, 2.24) is 20.0 Å². The van der Waals surface area contributed by atoms with Crippen LogP contribution in [0.1, 0.15) is 53.0 Å². The highest BCUT2D eigenvalue weighted by Crippen LogP contribution is 2.18. The van der Waals surface area contributed by atoms with Crippen molar-refractivity contribution in [3.63, 3.8) is 0 Å². The van der Waals surface area contributed by atoms with E-state index < -0.39 is 0 Å². The van der Waals surface area contributed by atoms with Crippen LogP contribution >= 0.6 is 0 Å². The fraction of sp³-hybridized carbons (Fsp3) is 0.706. The number of aromatic nitrogens is 2. The molecule has 1 aromatic rings. The lowest BCUT2D eigenvalue weighted by Crippen LogP contribution is -2.52. The number of anilines is 1. The van der Waals surface area contributed by atoms with Crippen LogP contribution in [0.3, 0.4) is 0 Å². The summed E-state index contributed by atoms with van der Waals surface area (Å²) < 4.78 is 1.85. The number of likely N-dealkylation sites (tertiary alicyclic amines) is 1. The summed E-state index contributed by atoms with van der Waals surface area (Å²) in [5.74, 6) is 0.677. The van der Waals surface area contributed by atoms with Gasteiger partial charge in [-0.25, -0.2) is 4.68 Å². The summed E-state index contributed by atoms with van der Waals surface area (Å²) in [5, 5.41) is 10.2. The molecule has 2 amide bonds. The SMILES string of the molecule is CC[C@H](C)n1nccc1NC(=O)[C@@H](C)N1CCC[C@H](NC(C)=O)C1. The molecule has 2 heterocycles. The molecule has 7 heteroatoms. The van der Waals surface area contributed by atoms with Crippen LogP contribution in [0.2, 0.25) is 0 Å². The first kappa shape index (κ1) is 18.4. The first-order valence-corrected chi connectivity index (χ1v) is 8.77. The molecule has 1 saturated heterocycles. The zero-order valence-corrected chi connectivity index (χ0v) is 15.1. The minimum Gasteiger partial charge on any atom is -0.352 e. The molecule has 1 aromatic heterocycles. The summed E-state index contributed by atoms with van der Waals surface area (Å²) in [6.45, 7) is 9.19. The lowest BCUT2D eigenvalue weighted by atomic mass is 10.0. The predicted molar refractivity (Wildman–Crippen MR) is 93.7 cm³/mol. The lowest BCUT2D eigenvalue weighted by molar-refractivity contribution is -0.121. The summed E-state index contributed by atoms with van der Waals surface area (Å²) in [7, 11) is 0. The monoisotopic (exact) mass is 335 g/mol. The van der Waals surface area contributed by atoms with Gasteiger partial charge in [0.2, 0.25) is 11.8 Å². The number of nitrogens with one attached hydrogen (secondary N) is 2. The molecule has 2 N–H and O–H groups in total. The van der Waals surface area contributed by atoms with Crippen LogP contribution in [0.15, 0.2) is 12.3 Å². The van der Waals surface area contributed by atoms with Gasteiger partial charge in [-0.2, -0.15) is 5.10 Å². The summed E-state index contributed by atoms with van der Waals surface area (Å²) in [6.07, 6.45) is 4.60. The van der Waals surface area contributed by atoms with Crippen molar-refractivity contribution in [3.8, 4) is 0 Å². The lowest BCUT2D eigenvalue weighted by Gasteiger charge is -2.36. The van der Waals surface area contributed by atoms with E-state index in [9.17, 15) is 9.59 Å². The number of piperidine rings is 1. The molecule has 0 bridgehead atoms. The number of nitrogens with zero attached hydrogens (tertiary/aromatic N) is 3. The number of carbonyl (C=O) groups is 2. The zero-order chi connectivity index (χ0) is 17.7. The first-order valence-electron chi connectivity index (χ1n) is 8.77. The number of hydrogen-bond donors (Lipinski definition) is 2. The summed E-state index contributed by atoms with van der Waals surface area (Å²) in [4.78, 5) is 26.0. The van der Waals surface area contributed by atoms with E-state index in [1.165, 1.54) is 6.92 Å². The summed E-state index contributed by atoms with van der Waals surface area (Å²) in [6, 6.07) is 1.94. The molecule has 0 aromatic carbocycles. The Hall–Kier alpha value is -1.89. The molecule has 0 radical (unpaired) electrons. The van der Waals surface area contributed by atoms with Gasteiger partial charge in [-0.15, -0.1) is 0 Å². The maximum Gasteiger partial charge on any atom is 0.242 e. The Bertz CT molecular complexity index is 571. The van der Waals surface area contributed by atoms with Crippen LogP contribution in [0.25, 0.3) is 0 Å². The van der Waals surface area contributed by atoms with Gasteiger partial charge >= 0.3 is 0 Å². The zero-order valence-electron chi connectivity index (χ0n) is 15.1. The van der Waals surface area contributed by atoms with E-state index in [1.54, 1.807) is 6.20 Å². The molecule has 0 spiro atoms. The van der Waals surface area contributed by atoms with Gasteiger partial charge < -0.3 is 10.6 Å². The van der Waals surface area contributed by atoms with Gasteiger partial charge in [-0.1, -0.05) is 6.92 Å². The molecule has 0 aliphatic carbocycles. The van der Waals surface area contributed by atoms with Gasteiger partial charge in [0.05, 0.1) is 18.3 Å². The second-order valence-electron chi connectivity index (χ2n) is 6.62. The Morgan fingerprint density at radius 1 is 1.42 bits per heavy atom. The fourth-order valence-electron chi connectivity index (χ4n) is 3.10. The highest BCUT2D eigenvalue weighted by atomic mass is 16.2. The van der Waals surface area contributed by atoms with E-state index >= 15 is 0 Å². The Balaban J connectivity index is 1.97. The molecule has 1 fully saturated rings. The second-order valence-corrected chi connectivity index (χ2v) is 6.62. The van der Waals surface area contributed by atoms with Crippen LogP contribution < -0.4 is 10.6 Å². The molecule has 2 rings (SSSR count). The van der Waals surface area contributed by atoms with Crippen molar-refractivity contribution in [3.05, 3.63) is 12.3 Å². The first-order chi connectivity index (χ1) is 11.4. The topological polar surface area (TPSA) is 79.3 Å². The average Bonchev–Trinajstić information content (AvgIpc) is 3.01. The normalized spacial score (nSPS) is 21.1. The smallest absolute Gasteiger partial charge is 0.242 e. The third-order valence-corrected chi connectivity index (χ3v) is 4.72. The molecule has 1 aliphatic rings. The second kappa shape index (κ2) is 8.28. The van der Waals surface area contributed by atoms with Gasteiger partial charge in [0.1, 0.15) is 5.82 Å². The maximum absolute atomic E-state index is 12.6. The van der Waals surface area contributed by atoms with Crippen LogP contribution in [0.4, 0.5) is 5.82 Å². The largest absolute Gasteiger partial charge is 0.352 e. The number of hydrogen-bond acceptors (Lipinski definition) is 4.